The first kappa shape index (κ1) is 13.6. The molecule has 0 spiro atoms. The van der Waals surface area contributed by atoms with Gasteiger partial charge in [0.15, 0.2) is 6.54 Å². The highest BCUT2D eigenvalue weighted by Gasteiger charge is 2.34. The summed E-state index contributed by atoms with van der Waals surface area (Å²) in [7, 11) is 0. The van der Waals surface area contributed by atoms with Crippen LogP contribution in [0.1, 0.15) is 29.5 Å². The van der Waals surface area contributed by atoms with Crippen LogP contribution in [-0.2, 0) is 19.4 Å². The van der Waals surface area contributed by atoms with E-state index in [0.29, 0.717) is 0 Å². The van der Waals surface area contributed by atoms with Crippen molar-refractivity contribution in [3.8, 4) is 11.3 Å². The van der Waals surface area contributed by atoms with Crippen molar-refractivity contribution in [3.63, 3.8) is 0 Å². The third kappa shape index (κ3) is 1.76. The van der Waals surface area contributed by atoms with Crippen molar-refractivity contribution >= 4 is 21.7 Å². The number of benzene rings is 3. The summed E-state index contributed by atoms with van der Waals surface area (Å²) < 4.78 is 2.53. The molecular weight excluding hydrogens is 302 g/mol. The van der Waals surface area contributed by atoms with E-state index in [1.165, 1.54) is 58.6 Å². The maximum atomic E-state index is 2.53. The molecule has 120 valence electrons. The number of aromatic nitrogens is 1. The van der Waals surface area contributed by atoms with Crippen molar-refractivity contribution in [2.24, 2.45) is 0 Å². The normalized spacial score (nSPS) is 15.2. The van der Waals surface area contributed by atoms with E-state index in [1.807, 2.05) is 0 Å². The monoisotopic (exact) mass is 322 g/mol. The fourth-order valence-electron chi connectivity index (χ4n) is 5.09. The summed E-state index contributed by atoms with van der Waals surface area (Å²) in [5.41, 5.74) is 9.08. The van der Waals surface area contributed by atoms with Crippen LogP contribution in [0.15, 0.2) is 60.7 Å². The Kier molecular flexibility index (Phi) is 2.68. The van der Waals surface area contributed by atoms with Crippen LogP contribution in [0.5, 0.6) is 0 Å². The number of nitrogens with zero attached hydrogens (tertiary/aromatic N) is 1. The first-order valence-electron chi connectivity index (χ1n) is 9.39. The molecule has 0 atom stereocenters. The van der Waals surface area contributed by atoms with E-state index in [0.717, 1.165) is 6.54 Å². The van der Waals surface area contributed by atoms with Gasteiger partial charge in [0, 0.05) is 23.1 Å². The minimum absolute atomic E-state index is 1.000. The Morgan fingerprint density at radius 3 is 2.24 bits per heavy atom. The molecule has 0 saturated carbocycles. The van der Waals surface area contributed by atoms with Crippen molar-refractivity contribution in [2.45, 2.75) is 32.2 Å². The molecule has 2 heterocycles. The zero-order chi connectivity index (χ0) is 16.4. The lowest BCUT2D eigenvalue weighted by molar-refractivity contribution is -0.645. The lowest BCUT2D eigenvalue weighted by Gasteiger charge is -2.21. The van der Waals surface area contributed by atoms with Gasteiger partial charge in [-0.2, -0.15) is 4.57 Å². The number of pyridine rings is 1. The third-order valence-electron chi connectivity index (χ3n) is 6.16. The highest BCUT2D eigenvalue weighted by molar-refractivity contribution is 5.97. The molecule has 0 saturated heterocycles. The maximum Gasteiger partial charge on any atom is 0.214 e. The molecule has 1 nitrogen and oxygen atoms in total. The molecule has 1 aliphatic heterocycles. The number of aryl methyl sites for hydroxylation is 1. The lowest BCUT2D eigenvalue weighted by atomic mass is 9.81. The minimum Gasteiger partial charge on any atom is -0.187 e. The number of hydrogen-bond donors (Lipinski definition) is 0. The molecule has 2 aliphatic rings. The minimum atomic E-state index is 1.000. The summed E-state index contributed by atoms with van der Waals surface area (Å²) in [6.45, 7) is 1.000. The van der Waals surface area contributed by atoms with Gasteiger partial charge in [-0.3, -0.25) is 0 Å². The van der Waals surface area contributed by atoms with Crippen LogP contribution in [0.25, 0.3) is 32.9 Å². The number of fused-ring (bicyclic) bond motifs is 10. The standard InChI is InChI=1S/C24H20N/c1-6-12-22-16(7-1)13-14-23-24-20-11-5-4-9-18(20)17-8-2-3-10-19(17)21(24)15-25(22)23/h1-3,6-8,10,12-14H,4-5,9,11,15H2/q+1. The van der Waals surface area contributed by atoms with E-state index in [9.17, 15) is 0 Å². The summed E-state index contributed by atoms with van der Waals surface area (Å²) in [4.78, 5) is 0. The molecule has 0 N–H and O–H groups in total. The van der Waals surface area contributed by atoms with Gasteiger partial charge in [-0.1, -0.05) is 36.4 Å². The second-order valence-electron chi connectivity index (χ2n) is 7.43. The Hall–Kier alpha value is -2.67. The molecule has 0 fully saturated rings. The molecule has 1 aromatic heterocycles. The van der Waals surface area contributed by atoms with Crippen LogP contribution in [0.3, 0.4) is 0 Å². The van der Waals surface area contributed by atoms with Crippen molar-refractivity contribution < 1.29 is 4.57 Å². The molecule has 25 heavy (non-hydrogen) atoms. The van der Waals surface area contributed by atoms with Crippen LogP contribution in [0.2, 0.25) is 0 Å². The van der Waals surface area contributed by atoms with Crippen LogP contribution in [-0.4, -0.2) is 0 Å². The van der Waals surface area contributed by atoms with Gasteiger partial charge < -0.3 is 0 Å². The van der Waals surface area contributed by atoms with Gasteiger partial charge in [0.2, 0.25) is 11.2 Å². The number of hydrogen-bond acceptors (Lipinski definition) is 0. The summed E-state index contributed by atoms with van der Waals surface area (Å²) in [6, 6.07) is 22.5. The fourth-order valence-corrected chi connectivity index (χ4v) is 5.09. The van der Waals surface area contributed by atoms with Crippen molar-refractivity contribution in [3.05, 3.63) is 77.4 Å². The first-order valence-corrected chi connectivity index (χ1v) is 9.39. The Morgan fingerprint density at radius 2 is 1.36 bits per heavy atom. The maximum absolute atomic E-state index is 2.53. The molecule has 1 heteroatoms. The summed E-state index contributed by atoms with van der Waals surface area (Å²) >= 11 is 0. The summed E-state index contributed by atoms with van der Waals surface area (Å²) in [5, 5.41) is 4.29. The smallest absolute Gasteiger partial charge is 0.187 e. The van der Waals surface area contributed by atoms with Crippen molar-refractivity contribution in [2.75, 3.05) is 0 Å². The van der Waals surface area contributed by atoms with E-state index >= 15 is 0 Å². The topological polar surface area (TPSA) is 3.88 Å². The number of rotatable bonds is 0. The van der Waals surface area contributed by atoms with Crippen LogP contribution < -0.4 is 4.57 Å². The SMILES string of the molecule is c1ccc2c(c1)ccc1[n+]2Cc2c-1c1c(c3ccccc23)CCCC1. The Morgan fingerprint density at radius 1 is 0.640 bits per heavy atom. The molecule has 4 aromatic rings. The second kappa shape index (κ2) is 4.92. The van der Waals surface area contributed by atoms with Gasteiger partial charge in [-0.15, -0.1) is 0 Å². The predicted molar refractivity (Wildman–Crippen MR) is 103 cm³/mol. The van der Waals surface area contributed by atoms with Crippen LogP contribution >= 0.6 is 0 Å². The molecule has 3 aromatic carbocycles. The molecule has 0 amide bonds. The molecule has 0 unspecified atom stereocenters. The van der Waals surface area contributed by atoms with Gasteiger partial charge in [0.1, 0.15) is 0 Å². The average molecular weight is 322 g/mol. The van der Waals surface area contributed by atoms with E-state index in [-0.39, 0.29) is 0 Å². The van der Waals surface area contributed by atoms with E-state index in [1.54, 1.807) is 16.7 Å². The fraction of sp³-hybridized carbons (Fsp3) is 0.208. The quantitative estimate of drug-likeness (QED) is 0.346. The average Bonchev–Trinajstić information content (AvgIpc) is 3.09. The van der Waals surface area contributed by atoms with Crippen LogP contribution in [0.4, 0.5) is 0 Å². The summed E-state index contributed by atoms with van der Waals surface area (Å²) in [6.07, 6.45) is 5.12. The van der Waals surface area contributed by atoms with E-state index in [2.05, 4.69) is 65.2 Å². The molecule has 0 bridgehead atoms. The van der Waals surface area contributed by atoms with Gasteiger partial charge in [-0.25, -0.2) is 0 Å². The molecule has 1 aliphatic carbocycles. The van der Waals surface area contributed by atoms with Gasteiger partial charge >= 0.3 is 0 Å². The van der Waals surface area contributed by atoms with Gasteiger partial charge in [0.25, 0.3) is 0 Å². The second-order valence-corrected chi connectivity index (χ2v) is 7.43. The highest BCUT2D eigenvalue weighted by Crippen LogP contribution is 2.42. The predicted octanol–water partition coefficient (Wildman–Crippen LogP) is 5.19. The van der Waals surface area contributed by atoms with E-state index in [4.69, 9.17) is 0 Å². The Balaban J connectivity index is 1.77. The van der Waals surface area contributed by atoms with Crippen molar-refractivity contribution in [1.29, 1.82) is 0 Å². The van der Waals surface area contributed by atoms with Gasteiger partial charge in [-0.05, 0) is 59.7 Å². The molecule has 6 rings (SSSR count). The first-order chi connectivity index (χ1) is 12.4. The largest absolute Gasteiger partial charge is 0.214 e. The Labute approximate surface area is 147 Å². The lowest BCUT2D eigenvalue weighted by Crippen LogP contribution is -2.33. The molecule has 0 radical (unpaired) electrons. The van der Waals surface area contributed by atoms with Gasteiger partial charge in [0.05, 0.1) is 5.56 Å². The van der Waals surface area contributed by atoms with Crippen molar-refractivity contribution in [1.82, 2.24) is 0 Å². The zero-order valence-electron chi connectivity index (χ0n) is 14.3. The van der Waals surface area contributed by atoms with Crippen LogP contribution in [0, 0.1) is 0 Å². The van der Waals surface area contributed by atoms with E-state index < -0.39 is 0 Å². The highest BCUT2D eigenvalue weighted by atomic mass is 15.0. The zero-order valence-corrected chi connectivity index (χ0v) is 14.3. The number of para-hydroxylation sites is 1. The third-order valence-corrected chi connectivity index (χ3v) is 6.16. The molecular formula is C24H20N+. The Bertz CT molecular complexity index is 1170. The summed E-state index contributed by atoms with van der Waals surface area (Å²) in [5.74, 6) is 0.